The Bertz CT molecular complexity index is 1450. The Morgan fingerprint density at radius 2 is 1.55 bits per heavy atom. The van der Waals surface area contributed by atoms with Crippen molar-refractivity contribution in [3.63, 3.8) is 0 Å². The second-order valence-corrected chi connectivity index (χ2v) is 14.1. The smallest absolute Gasteiger partial charge is 0.244 e. The topological polar surface area (TPSA) is 86.8 Å². The fourth-order valence-electron chi connectivity index (χ4n) is 4.57. The number of benzene rings is 3. The lowest BCUT2D eigenvalue weighted by atomic mass is 9.87. The van der Waals surface area contributed by atoms with E-state index in [-0.39, 0.29) is 30.3 Å². The maximum Gasteiger partial charge on any atom is 0.244 e. The molecule has 3 aromatic carbocycles. The van der Waals surface area contributed by atoms with E-state index in [2.05, 4.69) is 26.1 Å². The molecule has 3 rings (SSSR count). The zero-order chi connectivity index (χ0) is 31.1. The van der Waals surface area contributed by atoms with Gasteiger partial charge in [0, 0.05) is 24.0 Å². The standard InChI is InChI=1S/C33H42ClN3O4S/c1-7-24(2)35-32(39)30(21-25-12-9-8-10-13-25)36(22-26-14-11-15-28(34)20-26)31(38)23-37(42(6,40)41)29-18-16-27(17-19-29)33(3,4)5/h8-20,24,30H,7,21-23H2,1-6H3,(H,35,39)/t24-,30+/m1/s1. The summed E-state index contributed by atoms with van der Waals surface area (Å²) in [6, 6.07) is 22.8. The normalized spacial score (nSPS) is 13.2. The van der Waals surface area contributed by atoms with Crippen LogP contribution in [0.2, 0.25) is 5.02 Å². The number of sulfonamides is 1. The molecule has 0 saturated heterocycles. The number of hydrogen-bond acceptors (Lipinski definition) is 4. The van der Waals surface area contributed by atoms with Crippen LogP contribution in [-0.2, 0) is 38.0 Å². The fourth-order valence-corrected chi connectivity index (χ4v) is 5.63. The van der Waals surface area contributed by atoms with Crippen molar-refractivity contribution in [1.82, 2.24) is 10.2 Å². The van der Waals surface area contributed by atoms with Crippen LogP contribution in [0.5, 0.6) is 0 Å². The van der Waals surface area contributed by atoms with Crippen LogP contribution in [0, 0.1) is 0 Å². The Kier molecular flexibility index (Phi) is 11.2. The Labute approximate surface area is 255 Å². The summed E-state index contributed by atoms with van der Waals surface area (Å²) >= 11 is 6.27. The Morgan fingerprint density at radius 1 is 0.929 bits per heavy atom. The summed E-state index contributed by atoms with van der Waals surface area (Å²) in [5, 5.41) is 3.53. The number of nitrogens with zero attached hydrogens (tertiary/aromatic N) is 2. The molecule has 226 valence electrons. The van der Waals surface area contributed by atoms with E-state index >= 15 is 0 Å². The lowest BCUT2D eigenvalue weighted by Gasteiger charge is -2.34. The number of carbonyl (C=O) groups excluding carboxylic acids is 2. The molecular formula is C33H42ClN3O4S. The molecule has 0 aliphatic rings. The van der Waals surface area contributed by atoms with Crippen LogP contribution in [0.1, 0.15) is 57.7 Å². The van der Waals surface area contributed by atoms with Gasteiger partial charge in [-0.3, -0.25) is 13.9 Å². The molecule has 0 aromatic heterocycles. The SMILES string of the molecule is CC[C@@H](C)NC(=O)[C@H](Cc1ccccc1)N(Cc1cccc(Cl)c1)C(=O)CN(c1ccc(C(C)(C)C)cc1)S(C)(=O)=O. The third-order valence-corrected chi connectivity index (χ3v) is 8.59. The summed E-state index contributed by atoms with van der Waals surface area (Å²) in [7, 11) is -3.84. The Balaban J connectivity index is 2.06. The summed E-state index contributed by atoms with van der Waals surface area (Å²) in [6.45, 7) is 9.72. The van der Waals surface area contributed by atoms with Gasteiger partial charge in [-0.15, -0.1) is 0 Å². The van der Waals surface area contributed by atoms with Gasteiger partial charge in [0.05, 0.1) is 11.9 Å². The molecule has 0 bridgehead atoms. The van der Waals surface area contributed by atoms with Crippen molar-refractivity contribution in [1.29, 1.82) is 0 Å². The minimum absolute atomic E-state index is 0.0748. The lowest BCUT2D eigenvalue weighted by Crippen LogP contribution is -2.54. The first-order chi connectivity index (χ1) is 19.7. The molecule has 0 saturated carbocycles. The highest BCUT2D eigenvalue weighted by Gasteiger charge is 2.33. The van der Waals surface area contributed by atoms with Crippen molar-refractivity contribution in [3.8, 4) is 0 Å². The van der Waals surface area contributed by atoms with Gasteiger partial charge in [0.1, 0.15) is 12.6 Å². The van der Waals surface area contributed by atoms with E-state index < -0.39 is 28.5 Å². The van der Waals surface area contributed by atoms with Crippen LogP contribution in [-0.4, -0.2) is 50.0 Å². The highest BCUT2D eigenvalue weighted by atomic mass is 35.5. The van der Waals surface area contributed by atoms with E-state index in [1.165, 1.54) is 4.90 Å². The van der Waals surface area contributed by atoms with Crippen LogP contribution < -0.4 is 9.62 Å². The third-order valence-electron chi connectivity index (χ3n) is 7.21. The van der Waals surface area contributed by atoms with Crippen molar-refractivity contribution in [2.45, 2.75) is 71.5 Å². The minimum Gasteiger partial charge on any atom is -0.352 e. The van der Waals surface area contributed by atoms with E-state index in [0.717, 1.165) is 33.7 Å². The van der Waals surface area contributed by atoms with E-state index in [9.17, 15) is 18.0 Å². The van der Waals surface area contributed by atoms with Crippen LogP contribution >= 0.6 is 11.6 Å². The molecule has 0 heterocycles. The van der Waals surface area contributed by atoms with Gasteiger partial charge in [-0.2, -0.15) is 0 Å². The van der Waals surface area contributed by atoms with Crippen LogP contribution in [0.25, 0.3) is 0 Å². The molecule has 2 atom stereocenters. The van der Waals surface area contributed by atoms with E-state index in [1.54, 1.807) is 30.3 Å². The first-order valence-electron chi connectivity index (χ1n) is 14.2. The molecule has 0 fully saturated rings. The van der Waals surface area contributed by atoms with Crippen molar-refractivity contribution in [3.05, 3.63) is 101 Å². The van der Waals surface area contributed by atoms with Gasteiger partial charge in [-0.05, 0) is 59.7 Å². The molecule has 3 aromatic rings. The molecular weight excluding hydrogens is 570 g/mol. The molecule has 9 heteroatoms. The summed E-state index contributed by atoms with van der Waals surface area (Å²) in [6.07, 6.45) is 2.06. The molecule has 0 aliphatic heterocycles. The zero-order valence-corrected chi connectivity index (χ0v) is 26.9. The highest BCUT2D eigenvalue weighted by molar-refractivity contribution is 7.92. The van der Waals surface area contributed by atoms with Gasteiger partial charge in [0.15, 0.2) is 0 Å². The number of amides is 2. The van der Waals surface area contributed by atoms with Gasteiger partial charge in [0.25, 0.3) is 0 Å². The quantitative estimate of drug-likeness (QED) is 0.274. The van der Waals surface area contributed by atoms with Crippen LogP contribution in [0.3, 0.4) is 0 Å². The summed E-state index contributed by atoms with van der Waals surface area (Å²) < 4.78 is 27.1. The maximum absolute atomic E-state index is 14.2. The second kappa shape index (κ2) is 14.2. The number of halogens is 1. The van der Waals surface area contributed by atoms with Gasteiger partial charge >= 0.3 is 0 Å². The third kappa shape index (κ3) is 9.33. The average Bonchev–Trinajstić information content (AvgIpc) is 2.93. The molecule has 0 spiro atoms. The second-order valence-electron chi connectivity index (χ2n) is 11.7. The molecule has 0 unspecified atom stereocenters. The summed E-state index contributed by atoms with van der Waals surface area (Å²) in [5.41, 5.74) is 2.91. The average molecular weight is 612 g/mol. The maximum atomic E-state index is 14.2. The first kappa shape index (κ1) is 33.1. The van der Waals surface area contributed by atoms with Crippen molar-refractivity contribution >= 4 is 39.1 Å². The van der Waals surface area contributed by atoms with Crippen molar-refractivity contribution in [2.24, 2.45) is 0 Å². The predicted octanol–water partition coefficient (Wildman–Crippen LogP) is 5.96. The molecule has 2 amide bonds. The van der Waals surface area contributed by atoms with Crippen molar-refractivity contribution in [2.75, 3.05) is 17.1 Å². The number of anilines is 1. The monoisotopic (exact) mass is 611 g/mol. The summed E-state index contributed by atoms with van der Waals surface area (Å²) in [4.78, 5) is 29.4. The Morgan fingerprint density at radius 3 is 2.10 bits per heavy atom. The highest BCUT2D eigenvalue weighted by Crippen LogP contribution is 2.26. The number of nitrogens with one attached hydrogen (secondary N) is 1. The predicted molar refractivity (Wildman–Crippen MR) is 171 cm³/mol. The Hall–Kier alpha value is -3.36. The van der Waals surface area contributed by atoms with Gasteiger partial charge in [-0.25, -0.2) is 8.42 Å². The van der Waals surface area contributed by atoms with E-state index in [0.29, 0.717) is 10.7 Å². The van der Waals surface area contributed by atoms with Crippen LogP contribution in [0.4, 0.5) is 5.69 Å². The van der Waals surface area contributed by atoms with E-state index in [1.807, 2.05) is 62.4 Å². The number of hydrogen-bond donors (Lipinski definition) is 1. The molecule has 42 heavy (non-hydrogen) atoms. The van der Waals surface area contributed by atoms with Crippen LogP contribution in [0.15, 0.2) is 78.9 Å². The number of rotatable bonds is 12. The van der Waals surface area contributed by atoms with Gasteiger partial charge < -0.3 is 10.2 Å². The van der Waals surface area contributed by atoms with E-state index in [4.69, 9.17) is 11.6 Å². The molecule has 7 nitrogen and oxygen atoms in total. The minimum atomic E-state index is -3.84. The number of carbonyl (C=O) groups is 2. The van der Waals surface area contributed by atoms with Gasteiger partial charge in [-0.1, -0.05) is 93.9 Å². The molecule has 1 N–H and O–H groups in total. The van der Waals surface area contributed by atoms with Gasteiger partial charge in [0.2, 0.25) is 21.8 Å². The fraction of sp³-hybridized carbons (Fsp3) is 0.394. The molecule has 0 radical (unpaired) electrons. The van der Waals surface area contributed by atoms with Crippen molar-refractivity contribution < 1.29 is 18.0 Å². The molecule has 0 aliphatic carbocycles. The lowest BCUT2D eigenvalue weighted by molar-refractivity contribution is -0.140. The summed E-state index contributed by atoms with van der Waals surface area (Å²) in [5.74, 6) is -0.801. The largest absolute Gasteiger partial charge is 0.352 e. The zero-order valence-electron chi connectivity index (χ0n) is 25.3. The first-order valence-corrected chi connectivity index (χ1v) is 16.4.